The highest BCUT2D eigenvalue weighted by atomic mass is 32.2. The Morgan fingerprint density at radius 1 is 0.417 bits per heavy atom. The summed E-state index contributed by atoms with van der Waals surface area (Å²) >= 11 is 0. The van der Waals surface area contributed by atoms with Gasteiger partial charge in [-0.3, -0.25) is 0 Å². The summed E-state index contributed by atoms with van der Waals surface area (Å²) in [4.78, 5) is 4.84. The predicted octanol–water partition coefficient (Wildman–Crippen LogP) is 6.25. The van der Waals surface area contributed by atoms with Crippen molar-refractivity contribution >= 4 is 31.5 Å². The van der Waals surface area contributed by atoms with E-state index in [1.165, 1.54) is 35.4 Å². The molecular formula is C38H36N4O4S2. The van der Waals surface area contributed by atoms with Gasteiger partial charge in [0.15, 0.2) is 0 Å². The Kier molecular flexibility index (Phi) is 9.56. The lowest BCUT2D eigenvalue weighted by Crippen LogP contribution is -2.28. The summed E-state index contributed by atoms with van der Waals surface area (Å²) in [6.45, 7) is 3.74. The number of hydrazone groups is 2. The SMILES string of the molecule is Cc1ccc(S(=O)(=O)N/N=C2/C(=N/NS(=O)(=O)c3ccc(C)cc3)c3ccc(cc3)CCc3ccc(cc3)CCc3ccc2cc3)cc1. The van der Waals surface area contributed by atoms with Crippen LogP contribution in [0.3, 0.4) is 0 Å². The average molecular weight is 677 g/mol. The standard InChI is InChI=1S/C38H36N4O4S2/c1-27-3-23-35(24-4-27)47(43,44)41-39-37-33-19-15-31(16-20-33)13-11-29-7-9-30(10-8-29)12-14-32-17-21-34(22-18-32)38(37)40-42-48(45,46)36-25-5-28(2)6-26-36/h3-10,15-26,41-42H,11-14H2,1-2H3/b39-37+,40-38+. The minimum absolute atomic E-state index is 0.0451. The number of aryl methyl sites for hydroxylation is 6. The zero-order chi connectivity index (χ0) is 33.7. The first-order valence-electron chi connectivity index (χ1n) is 15.6. The molecule has 6 bridgehead atoms. The van der Waals surface area contributed by atoms with Crippen molar-refractivity contribution in [2.24, 2.45) is 10.2 Å². The summed E-state index contributed by atoms with van der Waals surface area (Å²) in [5, 5.41) is 8.84. The van der Waals surface area contributed by atoms with Crippen molar-refractivity contribution in [2.75, 3.05) is 0 Å². The molecule has 2 N–H and O–H groups in total. The van der Waals surface area contributed by atoms with Crippen molar-refractivity contribution in [1.82, 2.24) is 9.66 Å². The summed E-state index contributed by atoms with van der Waals surface area (Å²) in [7, 11) is -8.14. The fourth-order valence-electron chi connectivity index (χ4n) is 5.37. The van der Waals surface area contributed by atoms with Gasteiger partial charge >= 0.3 is 0 Å². The number of nitrogens with one attached hydrogen (secondary N) is 2. The second-order valence-corrected chi connectivity index (χ2v) is 15.3. The van der Waals surface area contributed by atoms with E-state index in [2.05, 4.69) is 44.1 Å². The maximum Gasteiger partial charge on any atom is 0.276 e. The van der Waals surface area contributed by atoms with Gasteiger partial charge < -0.3 is 0 Å². The summed E-state index contributed by atoms with van der Waals surface area (Å²) in [5.41, 5.74) is 7.90. The highest BCUT2D eigenvalue weighted by molar-refractivity contribution is 7.89. The summed E-state index contributed by atoms with van der Waals surface area (Å²) in [5.74, 6) is 0. The zero-order valence-electron chi connectivity index (χ0n) is 26.7. The third-order valence-corrected chi connectivity index (χ3v) is 10.8. The Morgan fingerprint density at radius 2 is 0.688 bits per heavy atom. The lowest BCUT2D eigenvalue weighted by molar-refractivity contribution is 0.582. The fourth-order valence-corrected chi connectivity index (χ4v) is 6.99. The number of nitrogens with zero attached hydrogens (tertiary/aromatic N) is 2. The smallest absolute Gasteiger partial charge is 0.200 e. The second-order valence-electron chi connectivity index (χ2n) is 11.9. The summed E-state index contributed by atoms with van der Waals surface area (Å²) < 4.78 is 53.5. The number of sulfonamides is 2. The maximum absolute atomic E-state index is 13.4. The zero-order valence-corrected chi connectivity index (χ0v) is 28.4. The Bertz CT molecular complexity index is 2020. The third kappa shape index (κ3) is 7.90. The monoisotopic (exact) mass is 676 g/mol. The van der Waals surface area contributed by atoms with Gasteiger partial charge in [0.1, 0.15) is 11.4 Å². The van der Waals surface area contributed by atoms with Gasteiger partial charge in [0.05, 0.1) is 9.79 Å². The quantitative estimate of drug-likeness (QED) is 0.207. The van der Waals surface area contributed by atoms with E-state index in [1.807, 2.05) is 62.4 Å². The predicted molar refractivity (Wildman–Crippen MR) is 190 cm³/mol. The molecule has 0 amide bonds. The molecule has 4 aliphatic rings. The van der Waals surface area contributed by atoms with Crippen LogP contribution < -0.4 is 9.66 Å². The van der Waals surface area contributed by atoms with Crippen molar-refractivity contribution in [3.8, 4) is 0 Å². The molecule has 48 heavy (non-hydrogen) atoms. The largest absolute Gasteiger partial charge is 0.276 e. The first kappa shape index (κ1) is 32.9. The molecule has 9 rings (SSSR count). The molecule has 0 aromatic heterocycles. The van der Waals surface area contributed by atoms with Crippen molar-refractivity contribution in [3.05, 3.63) is 166 Å². The summed E-state index contributed by atoms with van der Waals surface area (Å²) in [6, 6.07) is 36.8. The molecule has 0 fully saturated rings. The molecule has 0 spiro atoms. The highest BCUT2D eigenvalue weighted by Crippen LogP contribution is 2.19. The van der Waals surface area contributed by atoms with E-state index >= 15 is 0 Å². The molecule has 0 radical (unpaired) electrons. The summed E-state index contributed by atoms with van der Waals surface area (Å²) in [6.07, 6.45) is 3.35. The number of hydrogen-bond donors (Lipinski definition) is 2. The Morgan fingerprint density at radius 3 is 0.979 bits per heavy atom. The molecule has 244 valence electrons. The Balaban J connectivity index is 1.47. The van der Waals surface area contributed by atoms with Crippen LogP contribution in [0.25, 0.3) is 0 Å². The number of hydrogen-bond acceptors (Lipinski definition) is 6. The van der Waals surface area contributed by atoms with E-state index in [9.17, 15) is 16.8 Å². The van der Waals surface area contributed by atoms with Crippen LogP contribution in [0.2, 0.25) is 0 Å². The van der Waals surface area contributed by atoms with E-state index in [1.54, 1.807) is 24.3 Å². The van der Waals surface area contributed by atoms with Gasteiger partial charge in [0.25, 0.3) is 20.0 Å². The molecule has 5 aromatic carbocycles. The first-order valence-corrected chi connectivity index (χ1v) is 18.6. The van der Waals surface area contributed by atoms with Crippen LogP contribution in [0.5, 0.6) is 0 Å². The molecule has 0 aliphatic heterocycles. The Labute approximate surface area is 282 Å². The molecule has 10 heteroatoms. The van der Waals surface area contributed by atoms with Gasteiger partial charge in [-0.25, -0.2) is 0 Å². The number of rotatable bonds is 6. The first-order chi connectivity index (χ1) is 23.1. The highest BCUT2D eigenvalue weighted by Gasteiger charge is 2.21. The molecule has 0 saturated heterocycles. The maximum atomic E-state index is 13.4. The molecule has 5 aromatic rings. The van der Waals surface area contributed by atoms with Gasteiger partial charge in [-0.05, 0) is 86.1 Å². The molecule has 8 nitrogen and oxygen atoms in total. The average Bonchev–Trinajstić information content (AvgIpc) is 3.09. The molecule has 0 saturated carbocycles. The number of fused-ring (bicyclic) bond motifs is 3. The Hall–Kier alpha value is -5.06. The van der Waals surface area contributed by atoms with E-state index in [-0.39, 0.29) is 21.2 Å². The van der Waals surface area contributed by atoms with Gasteiger partial charge in [0.2, 0.25) is 0 Å². The number of benzene rings is 5. The molecule has 0 atom stereocenters. The lowest BCUT2D eigenvalue weighted by atomic mass is 9.95. The van der Waals surface area contributed by atoms with E-state index < -0.39 is 20.0 Å². The van der Waals surface area contributed by atoms with Crippen molar-refractivity contribution in [1.29, 1.82) is 0 Å². The van der Waals surface area contributed by atoms with E-state index in [0.29, 0.717) is 11.1 Å². The van der Waals surface area contributed by atoms with Crippen LogP contribution in [0.1, 0.15) is 44.5 Å². The molecule has 0 unspecified atom stereocenters. The van der Waals surface area contributed by atoms with Gasteiger partial charge in [0, 0.05) is 11.1 Å². The van der Waals surface area contributed by atoms with Gasteiger partial charge in [-0.15, -0.1) is 0 Å². The minimum atomic E-state index is -4.07. The lowest BCUT2D eigenvalue weighted by Gasteiger charge is -2.15. The van der Waals surface area contributed by atoms with Gasteiger partial charge in [-0.2, -0.15) is 36.7 Å². The van der Waals surface area contributed by atoms with Crippen LogP contribution >= 0.6 is 0 Å². The van der Waals surface area contributed by atoms with Crippen LogP contribution in [0.15, 0.2) is 141 Å². The van der Waals surface area contributed by atoms with E-state index in [0.717, 1.165) is 47.9 Å². The minimum Gasteiger partial charge on any atom is -0.200 e. The van der Waals surface area contributed by atoms with Crippen LogP contribution in [0.4, 0.5) is 0 Å². The fraction of sp³-hybridized carbons (Fsp3) is 0.158. The van der Waals surface area contributed by atoms with Crippen molar-refractivity contribution < 1.29 is 16.8 Å². The normalized spacial score (nSPS) is 15.4. The molecule has 0 heterocycles. The third-order valence-electron chi connectivity index (χ3n) is 8.32. The topological polar surface area (TPSA) is 117 Å². The molecule has 4 aliphatic carbocycles. The van der Waals surface area contributed by atoms with Crippen LogP contribution in [-0.2, 0) is 45.7 Å². The van der Waals surface area contributed by atoms with Crippen molar-refractivity contribution in [3.63, 3.8) is 0 Å². The van der Waals surface area contributed by atoms with E-state index in [4.69, 9.17) is 0 Å². The van der Waals surface area contributed by atoms with Crippen molar-refractivity contribution in [2.45, 2.75) is 49.3 Å². The molecular weight excluding hydrogens is 641 g/mol. The van der Waals surface area contributed by atoms with Gasteiger partial charge in [-0.1, -0.05) is 108 Å². The van der Waals surface area contributed by atoms with Crippen LogP contribution in [0, 0.1) is 13.8 Å². The van der Waals surface area contributed by atoms with Crippen LogP contribution in [-0.4, -0.2) is 28.3 Å². The second kappa shape index (κ2) is 14.0.